The second-order valence-corrected chi connectivity index (χ2v) is 8.24. The van der Waals surface area contributed by atoms with E-state index in [1.807, 2.05) is 13.0 Å². The highest BCUT2D eigenvalue weighted by Crippen LogP contribution is 2.33. The Morgan fingerprint density at radius 3 is 2.75 bits per heavy atom. The Kier molecular flexibility index (Phi) is 4.21. The summed E-state index contributed by atoms with van der Waals surface area (Å²) in [6.45, 7) is 3.33. The molecule has 0 bridgehead atoms. The highest BCUT2D eigenvalue weighted by atomic mass is 79.9. The number of nitriles is 1. The first-order chi connectivity index (χ1) is 9.30. The fraction of sp³-hybridized carbons (Fsp3) is 0.462. The van der Waals surface area contributed by atoms with E-state index in [0.717, 1.165) is 6.42 Å². The first kappa shape index (κ1) is 15.4. The lowest BCUT2D eigenvalue weighted by Crippen LogP contribution is -2.34. The van der Waals surface area contributed by atoms with Crippen molar-refractivity contribution in [3.63, 3.8) is 0 Å². The zero-order valence-corrected chi connectivity index (χ0v) is 13.5. The van der Waals surface area contributed by atoms with Gasteiger partial charge >= 0.3 is 0 Å². The lowest BCUT2D eigenvalue weighted by atomic mass is 9.90. The molecule has 20 heavy (non-hydrogen) atoms. The molecule has 0 aromatic heterocycles. The molecule has 0 amide bonds. The summed E-state index contributed by atoms with van der Waals surface area (Å²) < 4.78 is 27.3. The van der Waals surface area contributed by atoms with Crippen LogP contribution in [-0.4, -0.2) is 32.4 Å². The lowest BCUT2D eigenvalue weighted by Gasteiger charge is -2.22. The number of halogens is 1. The topological polar surface area (TPSA) is 87.2 Å². The lowest BCUT2D eigenvalue weighted by molar-refractivity contribution is 0.349. The van der Waals surface area contributed by atoms with Crippen molar-refractivity contribution >= 4 is 26.0 Å². The van der Waals surface area contributed by atoms with Crippen molar-refractivity contribution in [2.24, 2.45) is 11.1 Å². The van der Waals surface area contributed by atoms with E-state index >= 15 is 0 Å². The molecule has 1 saturated heterocycles. The Balaban J connectivity index is 2.37. The van der Waals surface area contributed by atoms with Crippen molar-refractivity contribution in [3.05, 3.63) is 28.2 Å². The standard InChI is InChI=1S/C13H16BrN3O2S/c1-13(8-16)2-3-17(9-13)20(18,19)12-5-10(7-15)4-11(14)6-12/h4-6H,2-3,8-9,16H2,1H3. The summed E-state index contributed by atoms with van der Waals surface area (Å²) in [5.74, 6) is 0. The van der Waals surface area contributed by atoms with E-state index in [-0.39, 0.29) is 10.3 Å². The highest BCUT2D eigenvalue weighted by molar-refractivity contribution is 9.10. The van der Waals surface area contributed by atoms with Crippen molar-refractivity contribution in [1.82, 2.24) is 4.31 Å². The highest BCUT2D eigenvalue weighted by Gasteiger charge is 2.39. The zero-order chi connectivity index (χ0) is 15.0. The summed E-state index contributed by atoms with van der Waals surface area (Å²) in [7, 11) is -3.58. The summed E-state index contributed by atoms with van der Waals surface area (Å²) in [4.78, 5) is 0.143. The molecule has 0 radical (unpaired) electrons. The first-order valence-electron chi connectivity index (χ1n) is 6.22. The van der Waals surface area contributed by atoms with Gasteiger partial charge < -0.3 is 5.73 Å². The van der Waals surface area contributed by atoms with Gasteiger partial charge in [0.25, 0.3) is 0 Å². The normalized spacial score (nSPS) is 23.7. The molecule has 0 aliphatic carbocycles. The Morgan fingerprint density at radius 2 is 2.20 bits per heavy atom. The van der Waals surface area contributed by atoms with E-state index < -0.39 is 10.0 Å². The van der Waals surface area contributed by atoms with Gasteiger partial charge in [0, 0.05) is 17.6 Å². The number of nitrogens with zero attached hydrogens (tertiary/aromatic N) is 2. The molecule has 2 rings (SSSR count). The monoisotopic (exact) mass is 357 g/mol. The smallest absolute Gasteiger partial charge is 0.243 e. The van der Waals surface area contributed by atoms with Gasteiger partial charge in [0.2, 0.25) is 10.0 Å². The number of hydrogen-bond donors (Lipinski definition) is 1. The van der Waals surface area contributed by atoms with Crippen LogP contribution in [0.4, 0.5) is 0 Å². The maximum Gasteiger partial charge on any atom is 0.243 e. The third kappa shape index (κ3) is 2.88. The quantitative estimate of drug-likeness (QED) is 0.891. The molecule has 1 aliphatic rings. The third-order valence-electron chi connectivity index (χ3n) is 3.65. The predicted octanol–water partition coefficient (Wildman–Crippen LogP) is 1.68. The number of benzene rings is 1. The van der Waals surface area contributed by atoms with Gasteiger partial charge in [-0.3, -0.25) is 0 Å². The van der Waals surface area contributed by atoms with Crippen molar-refractivity contribution < 1.29 is 8.42 Å². The van der Waals surface area contributed by atoms with Gasteiger partial charge in [-0.05, 0) is 36.6 Å². The predicted molar refractivity (Wildman–Crippen MR) is 79.4 cm³/mol. The minimum atomic E-state index is -3.58. The summed E-state index contributed by atoms with van der Waals surface area (Å²) in [6, 6.07) is 6.48. The van der Waals surface area contributed by atoms with Crippen LogP contribution in [0.15, 0.2) is 27.6 Å². The van der Waals surface area contributed by atoms with Crippen molar-refractivity contribution in [3.8, 4) is 6.07 Å². The fourth-order valence-corrected chi connectivity index (χ4v) is 4.58. The van der Waals surface area contributed by atoms with Gasteiger partial charge in [0.1, 0.15) is 0 Å². The van der Waals surface area contributed by atoms with Crippen LogP contribution in [-0.2, 0) is 10.0 Å². The summed E-state index contributed by atoms with van der Waals surface area (Å²) >= 11 is 3.24. The van der Waals surface area contributed by atoms with Gasteiger partial charge in [0.05, 0.1) is 16.5 Å². The Labute approximate surface area is 127 Å². The molecular weight excluding hydrogens is 342 g/mol. The first-order valence-corrected chi connectivity index (χ1v) is 8.45. The van der Waals surface area contributed by atoms with Crippen LogP contribution >= 0.6 is 15.9 Å². The second kappa shape index (κ2) is 5.45. The van der Waals surface area contributed by atoms with Crippen LogP contribution in [0.1, 0.15) is 18.9 Å². The van der Waals surface area contributed by atoms with Crippen molar-refractivity contribution in [2.75, 3.05) is 19.6 Å². The fourth-order valence-electron chi connectivity index (χ4n) is 2.28. The maximum atomic E-state index is 12.6. The molecule has 1 atom stereocenters. The number of sulfonamides is 1. The molecule has 5 nitrogen and oxygen atoms in total. The molecule has 1 fully saturated rings. The second-order valence-electron chi connectivity index (χ2n) is 5.39. The molecule has 2 N–H and O–H groups in total. The van der Waals surface area contributed by atoms with Crippen LogP contribution in [0.5, 0.6) is 0 Å². The Morgan fingerprint density at radius 1 is 1.50 bits per heavy atom. The number of rotatable bonds is 3. The van der Waals surface area contributed by atoms with Gasteiger partial charge in [-0.1, -0.05) is 22.9 Å². The summed E-state index contributed by atoms with van der Waals surface area (Å²) in [5, 5.41) is 8.94. The molecule has 1 aliphatic heterocycles. The van der Waals surface area contributed by atoms with Crippen LogP contribution in [0.3, 0.4) is 0 Å². The molecular formula is C13H16BrN3O2S. The minimum absolute atomic E-state index is 0.143. The van der Waals surface area contributed by atoms with Gasteiger partial charge in [-0.2, -0.15) is 9.57 Å². The molecule has 7 heteroatoms. The Hall–Kier alpha value is -0.940. The van der Waals surface area contributed by atoms with Crippen LogP contribution in [0.25, 0.3) is 0 Å². The SMILES string of the molecule is CC1(CN)CCN(S(=O)(=O)c2cc(Br)cc(C#N)c2)C1. The largest absolute Gasteiger partial charge is 0.330 e. The third-order valence-corrected chi connectivity index (χ3v) is 5.93. The summed E-state index contributed by atoms with van der Waals surface area (Å²) in [5.41, 5.74) is 5.86. The molecule has 0 spiro atoms. The van der Waals surface area contributed by atoms with Crippen LogP contribution < -0.4 is 5.73 Å². The van der Waals surface area contributed by atoms with Crippen molar-refractivity contribution in [1.29, 1.82) is 5.26 Å². The van der Waals surface area contributed by atoms with Gasteiger partial charge in [-0.15, -0.1) is 0 Å². The maximum absolute atomic E-state index is 12.6. The van der Waals surface area contributed by atoms with Crippen LogP contribution in [0, 0.1) is 16.7 Å². The molecule has 1 aromatic carbocycles. The number of hydrogen-bond acceptors (Lipinski definition) is 4. The van der Waals surface area contributed by atoms with E-state index in [2.05, 4.69) is 15.9 Å². The molecule has 1 heterocycles. The summed E-state index contributed by atoms with van der Waals surface area (Å²) in [6.07, 6.45) is 0.752. The van der Waals surface area contributed by atoms with E-state index in [1.165, 1.54) is 16.4 Å². The van der Waals surface area contributed by atoms with Gasteiger partial charge in [-0.25, -0.2) is 8.42 Å². The average molecular weight is 358 g/mol. The molecule has 108 valence electrons. The zero-order valence-electron chi connectivity index (χ0n) is 11.1. The van der Waals surface area contributed by atoms with E-state index in [4.69, 9.17) is 11.0 Å². The molecule has 0 saturated carbocycles. The average Bonchev–Trinajstić information content (AvgIpc) is 2.82. The van der Waals surface area contributed by atoms with Crippen molar-refractivity contribution in [2.45, 2.75) is 18.2 Å². The van der Waals surface area contributed by atoms with E-state index in [1.54, 1.807) is 6.07 Å². The number of nitrogens with two attached hydrogens (primary N) is 1. The molecule has 1 unspecified atom stereocenters. The minimum Gasteiger partial charge on any atom is -0.330 e. The van der Waals surface area contributed by atoms with E-state index in [9.17, 15) is 8.42 Å². The van der Waals surface area contributed by atoms with Gasteiger partial charge in [0.15, 0.2) is 0 Å². The Bertz CT molecular complexity index is 669. The molecule has 1 aromatic rings. The van der Waals surface area contributed by atoms with Crippen LogP contribution in [0.2, 0.25) is 0 Å². The van der Waals surface area contributed by atoms with E-state index in [0.29, 0.717) is 29.7 Å².